The summed E-state index contributed by atoms with van der Waals surface area (Å²) in [5, 5.41) is 0. The molecule has 0 aromatic heterocycles. The Hall–Kier alpha value is -1.55. The maximum atomic E-state index is 12.3. The van der Waals surface area contributed by atoms with Crippen LogP contribution >= 0.6 is 0 Å². The Balaban J connectivity index is 1.62. The third-order valence-corrected chi connectivity index (χ3v) is 4.71. The first kappa shape index (κ1) is 14.4. The molecule has 1 amide bonds. The first-order chi connectivity index (χ1) is 10.2. The Labute approximate surface area is 126 Å². The molecule has 2 heterocycles. The molecule has 1 aromatic carbocycles. The lowest BCUT2D eigenvalue weighted by Gasteiger charge is -2.37. The van der Waals surface area contributed by atoms with Gasteiger partial charge in [0.1, 0.15) is 6.10 Å². The lowest BCUT2D eigenvalue weighted by molar-refractivity contribution is -0.141. The molecule has 0 bridgehead atoms. The second-order valence-electron chi connectivity index (χ2n) is 6.03. The number of hydrogen-bond acceptors (Lipinski definition) is 3. The van der Waals surface area contributed by atoms with Crippen molar-refractivity contribution in [2.45, 2.75) is 32.8 Å². The van der Waals surface area contributed by atoms with Crippen LogP contribution in [0.2, 0.25) is 0 Å². The van der Waals surface area contributed by atoms with E-state index >= 15 is 0 Å². The molecule has 0 N–H and O–H groups in total. The highest BCUT2D eigenvalue weighted by atomic mass is 16.5. The molecule has 2 aliphatic heterocycles. The third-order valence-electron chi connectivity index (χ3n) is 4.71. The monoisotopic (exact) mass is 288 g/mol. The molecule has 4 nitrogen and oxygen atoms in total. The van der Waals surface area contributed by atoms with Crippen molar-refractivity contribution in [3.05, 3.63) is 29.3 Å². The highest BCUT2D eigenvalue weighted by molar-refractivity contribution is 5.81. The van der Waals surface area contributed by atoms with Gasteiger partial charge < -0.3 is 14.5 Å². The van der Waals surface area contributed by atoms with Gasteiger partial charge in [0.15, 0.2) is 0 Å². The standard InChI is InChI=1S/C17H24N2O2/c1-13-5-3-6-15(14(13)2)18-8-10-19(11-9-18)17(20)16-7-4-12-21-16/h3,5-6,16H,4,7-12H2,1-2H3/t16-/m0/s1. The van der Waals surface area contributed by atoms with E-state index in [1.807, 2.05) is 4.90 Å². The molecule has 0 radical (unpaired) electrons. The third kappa shape index (κ3) is 2.91. The number of nitrogens with zero attached hydrogens (tertiary/aromatic N) is 2. The van der Waals surface area contributed by atoms with Crippen LogP contribution in [-0.4, -0.2) is 49.7 Å². The first-order valence-electron chi connectivity index (χ1n) is 7.88. The van der Waals surface area contributed by atoms with Crippen LogP contribution in [0.4, 0.5) is 5.69 Å². The Morgan fingerprint density at radius 3 is 2.62 bits per heavy atom. The van der Waals surface area contributed by atoms with Gasteiger partial charge in [-0.3, -0.25) is 4.79 Å². The van der Waals surface area contributed by atoms with Crippen LogP contribution in [-0.2, 0) is 9.53 Å². The molecular weight excluding hydrogens is 264 g/mol. The van der Waals surface area contributed by atoms with Crippen LogP contribution in [0.15, 0.2) is 18.2 Å². The van der Waals surface area contributed by atoms with E-state index in [2.05, 4.69) is 36.9 Å². The van der Waals surface area contributed by atoms with E-state index in [-0.39, 0.29) is 12.0 Å². The molecule has 1 atom stereocenters. The van der Waals surface area contributed by atoms with Crippen molar-refractivity contribution in [2.75, 3.05) is 37.7 Å². The zero-order valence-electron chi connectivity index (χ0n) is 13.0. The molecule has 114 valence electrons. The van der Waals surface area contributed by atoms with E-state index in [4.69, 9.17) is 4.74 Å². The fraction of sp³-hybridized carbons (Fsp3) is 0.588. The first-order valence-corrected chi connectivity index (χ1v) is 7.88. The second-order valence-corrected chi connectivity index (χ2v) is 6.03. The lowest BCUT2D eigenvalue weighted by atomic mass is 10.1. The SMILES string of the molecule is Cc1cccc(N2CCN(C(=O)[C@@H]3CCCO3)CC2)c1C. The summed E-state index contributed by atoms with van der Waals surface area (Å²) in [6.07, 6.45) is 1.71. The molecule has 4 heteroatoms. The number of amides is 1. The van der Waals surface area contributed by atoms with Crippen molar-refractivity contribution in [3.8, 4) is 0 Å². The normalized spacial score (nSPS) is 22.7. The fourth-order valence-electron chi connectivity index (χ4n) is 3.22. The van der Waals surface area contributed by atoms with E-state index in [9.17, 15) is 4.79 Å². The number of anilines is 1. The molecule has 0 spiro atoms. The van der Waals surface area contributed by atoms with Crippen molar-refractivity contribution in [1.29, 1.82) is 0 Å². The molecule has 0 saturated carbocycles. The van der Waals surface area contributed by atoms with Gasteiger partial charge in [-0.05, 0) is 43.9 Å². The Morgan fingerprint density at radius 1 is 1.19 bits per heavy atom. The maximum absolute atomic E-state index is 12.3. The van der Waals surface area contributed by atoms with Crippen molar-refractivity contribution >= 4 is 11.6 Å². The summed E-state index contributed by atoms with van der Waals surface area (Å²) in [6, 6.07) is 6.44. The van der Waals surface area contributed by atoms with E-state index in [0.717, 1.165) is 45.6 Å². The number of rotatable bonds is 2. The summed E-state index contributed by atoms with van der Waals surface area (Å²) < 4.78 is 5.51. The zero-order valence-corrected chi connectivity index (χ0v) is 13.0. The highest BCUT2D eigenvalue weighted by Crippen LogP contribution is 2.24. The van der Waals surface area contributed by atoms with Gasteiger partial charge in [0.05, 0.1) is 0 Å². The molecule has 0 unspecified atom stereocenters. The topological polar surface area (TPSA) is 32.8 Å². The minimum Gasteiger partial charge on any atom is -0.368 e. The molecular formula is C17H24N2O2. The van der Waals surface area contributed by atoms with Crippen molar-refractivity contribution in [1.82, 2.24) is 4.90 Å². The number of hydrogen-bond donors (Lipinski definition) is 0. The van der Waals surface area contributed by atoms with E-state index in [0.29, 0.717) is 0 Å². The number of carbonyl (C=O) groups is 1. The predicted molar refractivity (Wildman–Crippen MR) is 83.7 cm³/mol. The smallest absolute Gasteiger partial charge is 0.251 e. The molecule has 21 heavy (non-hydrogen) atoms. The number of aryl methyl sites for hydroxylation is 1. The molecule has 2 aliphatic rings. The van der Waals surface area contributed by atoms with E-state index < -0.39 is 0 Å². The predicted octanol–water partition coefficient (Wildman–Crippen LogP) is 2.13. The summed E-state index contributed by atoms with van der Waals surface area (Å²) in [5.41, 5.74) is 3.97. The average molecular weight is 288 g/mol. The van der Waals surface area contributed by atoms with Gasteiger partial charge in [-0.25, -0.2) is 0 Å². The van der Waals surface area contributed by atoms with E-state index in [1.165, 1.54) is 16.8 Å². The average Bonchev–Trinajstić information content (AvgIpc) is 3.04. The Morgan fingerprint density at radius 2 is 1.95 bits per heavy atom. The maximum Gasteiger partial charge on any atom is 0.251 e. The van der Waals surface area contributed by atoms with Crippen LogP contribution in [0.25, 0.3) is 0 Å². The van der Waals surface area contributed by atoms with Crippen LogP contribution in [0.5, 0.6) is 0 Å². The van der Waals surface area contributed by atoms with Crippen molar-refractivity contribution in [3.63, 3.8) is 0 Å². The number of piperazine rings is 1. The van der Waals surface area contributed by atoms with Gasteiger partial charge >= 0.3 is 0 Å². The van der Waals surface area contributed by atoms with Gasteiger partial charge in [0.25, 0.3) is 5.91 Å². The number of ether oxygens (including phenoxy) is 1. The quantitative estimate of drug-likeness (QED) is 0.836. The summed E-state index contributed by atoms with van der Waals surface area (Å²) in [4.78, 5) is 16.7. The van der Waals surface area contributed by atoms with Gasteiger partial charge in [-0.2, -0.15) is 0 Å². The Bertz CT molecular complexity index is 516. The second kappa shape index (κ2) is 6.06. The minimum absolute atomic E-state index is 0.183. The zero-order chi connectivity index (χ0) is 14.8. The van der Waals surface area contributed by atoms with Crippen molar-refractivity contribution in [2.24, 2.45) is 0 Å². The van der Waals surface area contributed by atoms with Gasteiger partial charge in [-0.15, -0.1) is 0 Å². The van der Waals surface area contributed by atoms with Gasteiger partial charge in [-0.1, -0.05) is 12.1 Å². The molecule has 1 aromatic rings. The van der Waals surface area contributed by atoms with Gasteiger partial charge in [0.2, 0.25) is 0 Å². The molecule has 2 fully saturated rings. The molecule has 3 rings (SSSR count). The number of benzene rings is 1. The van der Waals surface area contributed by atoms with E-state index in [1.54, 1.807) is 0 Å². The fourth-order valence-corrected chi connectivity index (χ4v) is 3.22. The summed E-state index contributed by atoms with van der Waals surface area (Å²) in [5.74, 6) is 0.188. The van der Waals surface area contributed by atoms with Crippen molar-refractivity contribution < 1.29 is 9.53 Å². The minimum atomic E-state index is -0.183. The van der Waals surface area contributed by atoms with Gasteiger partial charge in [0, 0.05) is 38.5 Å². The lowest BCUT2D eigenvalue weighted by Crippen LogP contribution is -2.51. The molecule has 0 aliphatic carbocycles. The van der Waals surface area contributed by atoms with Crippen LogP contribution in [0, 0.1) is 13.8 Å². The Kier molecular flexibility index (Phi) is 4.15. The van der Waals surface area contributed by atoms with Crippen LogP contribution in [0.1, 0.15) is 24.0 Å². The summed E-state index contributed by atoms with van der Waals surface area (Å²) >= 11 is 0. The van der Waals surface area contributed by atoms with Crippen LogP contribution < -0.4 is 4.90 Å². The summed E-state index contributed by atoms with van der Waals surface area (Å²) in [6.45, 7) is 8.47. The van der Waals surface area contributed by atoms with Crippen LogP contribution in [0.3, 0.4) is 0 Å². The number of carbonyl (C=O) groups excluding carboxylic acids is 1. The molecule has 2 saturated heterocycles. The largest absolute Gasteiger partial charge is 0.368 e. The summed E-state index contributed by atoms with van der Waals surface area (Å²) in [7, 11) is 0. The highest BCUT2D eigenvalue weighted by Gasteiger charge is 2.30.